The molecule has 0 saturated carbocycles. The number of hydrogen-bond acceptors (Lipinski definition) is 5. The second-order valence-corrected chi connectivity index (χ2v) is 12.3. The lowest BCUT2D eigenvalue weighted by atomic mass is 10.2. The smallest absolute Gasteiger partial charge is 0.261 e. The number of nitrogens with one attached hydrogen (secondary N) is 3. The Morgan fingerprint density at radius 1 is 0.684 bits per heavy atom. The van der Waals surface area contributed by atoms with E-state index in [0.29, 0.717) is 22.0 Å². The molecular weight excluding hydrogens is 546 g/mol. The van der Waals surface area contributed by atoms with Crippen LogP contribution in [0.15, 0.2) is 101 Å². The van der Waals surface area contributed by atoms with Gasteiger partial charge >= 0.3 is 0 Å². The average Bonchev–Trinajstić information content (AvgIpc) is 2.87. The van der Waals surface area contributed by atoms with Crippen molar-refractivity contribution in [1.29, 1.82) is 0 Å². The molecule has 4 rings (SSSR count). The van der Waals surface area contributed by atoms with E-state index in [0.717, 1.165) is 5.56 Å². The van der Waals surface area contributed by atoms with Crippen LogP contribution in [0.25, 0.3) is 0 Å². The topological polar surface area (TPSA) is 121 Å². The first-order valence-corrected chi connectivity index (χ1v) is 14.7. The number of aryl methyl sites for hydroxylation is 1. The monoisotopic (exact) mass is 569 g/mol. The van der Waals surface area contributed by atoms with Gasteiger partial charge in [0.1, 0.15) is 0 Å². The van der Waals surface area contributed by atoms with Gasteiger partial charge in [0.2, 0.25) is 0 Å². The van der Waals surface area contributed by atoms with E-state index in [4.69, 9.17) is 11.6 Å². The molecule has 0 unspecified atom stereocenters. The summed E-state index contributed by atoms with van der Waals surface area (Å²) in [7, 11) is -7.71. The number of amides is 1. The maximum Gasteiger partial charge on any atom is 0.261 e. The van der Waals surface area contributed by atoms with Crippen molar-refractivity contribution in [3.05, 3.63) is 113 Å². The SMILES string of the molecule is Cc1ccc(S(=O)(=O)Nc2cccc(C(=O)Nc3ccc(S(=O)(=O)Nc4cccc(Cl)c4C)cc3)c2)cc1. The molecule has 0 aliphatic heterocycles. The number of anilines is 3. The zero-order chi connectivity index (χ0) is 27.5. The molecule has 11 heteroatoms. The van der Waals surface area contributed by atoms with Gasteiger partial charge < -0.3 is 5.32 Å². The van der Waals surface area contributed by atoms with E-state index < -0.39 is 26.0 Å². The summed E-state index contributed by atoms with van der Waals surface area (Å²) in [5.41, 5.74) is 2.70. The molecule has 0 spiro atoms. The van der Waals surface area contributed by atoms with E-state index >= 15 is 0 Å². The van der Waals surface area contributed by atoms with E-state index in [1.807, 2.05) is 6.92 Å². The fourth-order valence-corrected chi connectivity index (χ4v) is 5.84. The van der Waals surface area contributed by atoms with Crippen LogP contribution in [0.2, 0.25) is 5.02 Å². The second kappa shape index (κ2) is 10.9. The third-order valence-electron chi connectivity index (χ3n) is 5.64. The predicted molar refractivity (Wildman–Crippen MR) is 150 cm³/mol. The van der Waals surface area contributed by atoms with E-state index in [9.17, 15) is 21.6 Å². The van der Waals surface area contributed by atoms with Crippen molar-refractivity contribution in [3.63, 3.8) is 0 Å². The van der Waals surface area contributed by atoms with Gasteiger partial charge in [0.15, 0.2) is 0 Å². The molecule has 0 aliphatic carbocycles. The third kappa shape index (κ3) is 6.34. The lowest BCUT2D eigenvalue weighted by Crippen LogP contribution is -2.16. The molecule has 0 saturated heterocycles. The van der Waals surface area contributed by atoms with Crippen LogP contribution in [0.4, 0.5) is 17.1 Å². The van der Waals surface area contributed by atoms with Crippen LogP contribution in [-0.2, 0) is 20.0 Å². The van der Waals surface area contributed by atoms with E-state index in [1.54, 1.807) is 43.3 Å². The minimum atomic E-state index is -3.88. The number of sulfonamides is 2. The first-order valence-electron chi connectivity index (χ1n) is 11.3. The molecule has 0 radical (unpaired) electrons. The maximum absolute atomic E-state index is 12.8. The zero-order valence-corrected chi connectivity index (χ0v) is 22.8. The Kier molecular flexibility index (Phi) is 7.77. The van der Waals surface area contributed by atoms with Crippen LogP contribution in [0.5, 0.6) is 0 Å². The van der Waals surface area contributed by atoms with Gasteiger partial charge in [0.25, 0.3) is 26.0 Å². The Morgan fingerprint density at radius 2 is 1.26 bits per heavy atom. The Bertz CT molecular complexity index is 1700. The summed E-state index contributed by atoms with van der Waals surface area (Å²) in [6.07, 6.45) is 0. The van der Waals surface area contributed by atoms with Crippen LogP contribution >= 0.6 is 11.6 Å². The van der Waals surface area contributed by atoms with Crippen molar-refractivity contribution in [2.45, 2.75) is 23.6 Å². The summed E-state index contributed by atoms with van der Waals surface area (Å²) in [4.78, 5) is 12.9. The summed E-state index contributed by atoms with van der Waals surface area (Å²) < 4.78 is 55.9. The van der Waals surface area contributed by atoms with Gasteiger partial charge in [-0.05, 0) is 86.1 Å². The van der Waals surface area contributed by atoms with Crippen molar-refractivity contribution >= 4 is 54.6 Å². The van der Waals surface area contributed by atoms with Crippen LogP contribution < -0.4 is 14.8 Å². The van der Waals surface area contributed by atoms with Gasteiger partial charge in [-0.2, -0.15) is 0 Å². The normalized spacial score (nSPS) is 11.6. The number of halogens is 1. The summed E-state index contributed by atoms with van der Waals surface area (Å²) in [6, 6.07) is 23.0. The van der Waals surface area contributed by atoms with E-state index in [2.05, 4.69) is 14.8 Å². The second-order valence-electron chi connectivity index (χ2n) is 8.50. The molecule has 0 bridgehead atoms. The number of hydrogen-bond donors (Lipinski definition) is 3. The molecule has 0 heterocycles. The van der Waals surface area contributed by atoms with Crippen LogP contribution in [0.1, 0.15) is 21.5 Å². The molecular formula is C27H24ClN3O5S2. The summed E-state index contributed by atoms with van der Waals surface area (Å²) in [5.74, 6) is -0.496. The Morgan fingerprint density at radius 3 is 1.92 bits per heavy atom. The quantitative estimate of drug-likeness (QED) is 0.247. The standard InChI is InChI=1S/C27H24ClN3O5S2/c1-18-9-13-23(14-10-18)37(33,34)30-22-6-3-5-20(17-22)27(32)29-21-11-15-24(16-12-21)38(35,36)31-26-8-4-7-25(28)19(26)2/h3-17,30-31H,1-2H3,(H,29,32). The number of rotatable bonds is 8. The van der Waals surface area contributed by atoms with E-state index in [1.165, 1.54) is 54.6 Å². The fraction of sp³-hybridized carbons (Fsp3) is 0.0741. The van der Waals surface area contributed by atoms with E-state index in [-0.39, 0.29) is 21.0 Å². The van der Waals surface area contributed by atoms with Gasteiger partial charge in [-0.1, -0.05) is 41.4 Å². The Hall–Kier alpha value is -3.86. The van der Waals surface area contributed by atoms with Gasteiger partial charge in [0.05, 0.1) is 15.5 Å². The molecule has 4 aromatic carbocycles. The summed E-state index contributed by atoms with van der Waals surface area (Å²) in [5, 5.41) is 3.12. The molecule has 0 atom stereocenters. The molecule has 0 aromatic heterocycles. The van der Waals surface area contributed by atoms with Gasteiger partial charge in [-0.15, -0.1) is 0 Å². The zero-order valence-electron chi connectivity index (χ0n) is 20.4. The number of carbonyl (C=O) groups is 1. The largest absolute Gasteiger partial charge is 0.322 e. The highest BCUT2D eigenvalue weighted by Crippen LogP contribution is 2.26. The minimum absolute atomic E-state index is 0.00221. The summed E-state index contributed by atoms with van der Waals surface area (Å²) >= 11 is 6.07. The Labute approximate surface area is 226 Å². The number of carbonyl (C=O) groups excluding carboxylic acids is 1. The number of benzene rings is 4. The Balaban J connectivity index is 1.45. The molecule has 196 valence electrons. The highest BCUT2D eigenvalue weighted by Gasteiger charge is 2.17. The summed E-state index contributed by atoms with van der Waals surface area (Å²) in [6.45, 7) is 3.57. The van der Waals surface area contributed by atoms with Crippen molar-refractivity contribution in [3.8, 4) is 0 Å². The molecule has 0 fully saturated rings. The average molecular weight is 570 g/mol. The minimum Gasteiger partial charge on any atom is -0.322 e. The lowest BCUT2D eigenvalue weighted by Gasteiger charge is -2.12. The lowest BCUT2D eigenvalue weighted by molar-refractivity contribution is 0.102. The molecule has 38 heavy (non-hydrogen) atoms. The van der Waals surface area contributed by atoms with Gasteiger partial charge in [0, 0.05) is 22.0 Å². The molecule has 3 N–H and O–H groups in total. The van der Waals surface area contributed by atoms with Crippen LogP contribution in [0.3, 0.4) is 0 Å². The predicted octanol–water partition coefficient (Wildman–Crippen LogP) is 5.81. The van der Waals surface area contributed by atoms with Gasteiger partial charge in [-0.3, -0.25) is 14.2 Å². The highest BCUT2D eigenvalue weighted by atomic mass is 35.5. The van der Waals surface area contributed by atoms with Crippen molar-refractivity contribution in [2.75, 3.05) is 14.8 Å². The molecule has 4 aromatic rings. The molecule has 0 aliphatic rings. The van der Waals surface area contributed by atoms with Crippen molar-refractivity contribution in [1.82, 2.24) is 0 Å². The first-order chi connectivity index (χ1) is 17.9. The molecule has 8 nitrogen and oxygen atoms in total. The molecule has 1 amide bonds. The fourth-order valence-electron chi connectivity index (χ4n) is 3.50. The van der Waals surface area contributed by atoms with Crippen molar-refractivity contribution in [2.24, 2.45) is 0 Å². The third-order valence-corrected chi connectivity index (χ3v) is 8.83. The van der Waals surface area contributed by atoms with Crippen molar-refractivity contribution < 1.29 is 21.6 Å². The van der Waals surface area contributed by atoms with Gasteiger partial charge in [-0.25, -0.2) is 16.8 Å². The van der Waals surface area contributed by atoms with Crippen LogP contribution in [-0.4, -0.2) is 22.7 Å². The first kappa shape index (κ1) is 27.2. The highest BCUT2D eigenvalue weighted by molar-refractivity contribution is 7.93. The van der Waals surface area contributed by atoms with Crippen LogP contribution in [0, 0.1) is 13.8 Å². The maximum atomic E-state index is 12.8.